The van der Waals surface area contributed by atoms with Crippen LogP contribution in [0.4, 0.5) is 8.78 Å². The first-order chi connectivity index (χ1) is 7.55. The van der Waals surface area contributed by atoms with Crippen LogP contribution in [0, 0.1) is 0 Å². The molecular weight excluding hydrogens is 269 g/mol. The summed E-state index contributed by atoms with van der Waals surface area (Å²) in [5, 5.41) is 27.0. The molecule has 0 aromatic rings. The number of alkyl halides is 2. The molecule has 1 aliphatic heterocycles. The minimum absolute atomic E-state index is 0.963. The van der Waals surface area contributed by atoms with E-state index in [1.54, 1.807) is 0 Å². The number of aliphatic hydroxyl groups is 3. The maximum Gasteiger partial charge on any atom is 0.469 e. The number of halogens is 2. The quantitative estimate of drug-likeness (QED) is 0.381. The summed E-state index contributed by atoms with van der Waals surface area (Å²) >= 11 is 0. The van der Waals surface area contributed by atoms with Crippen LogP contribution in [-0.2, 0) is 13.8 Å². The number of phosphoric acid groups is 1. The number of aliphatic hydroxyl groups excluding tert-OH is 3. The Morgan fingerprint density at radius 2 is 1.82 bits per heavy atom. The van der Waals surface area contributed by atoms with Crippen LogP contribution in [0.5, 0.6) is 0 Å². The van der Waals surface area contributed by atoms with Gasteiger partial charge in [-0.25, -0.2) is 4.57 Å². The SMILES string of the molecule is O=P(O)(O)OC[C@H]1OC(O)C(F)(F)[C@@H](O)[C@@H]1O. The molecule has 5 N–H and O–H groups in total. The lowest BCUT2D eigenvalue weighted by atomic mass is 9.98. The largest absolute Gasteiger partial charge is 0.469 e. The lowest BCUT2D eigenvalue weighted by molar-refractivity contribution is -0.345. The van der Waals surface area contributed by atoms with Crippen molar-refractivity contribution >= 4 is 7.82 Å². The molecule has 1 saturated heterocycles. The zero-order chi connectivity index (χ0) is 13.4. The normalized spacial score (nSPS) is 38.1. The van der Waals surface area contributed by atoms with Crippen LogP contribution >= 0.6 is 7.82 Å². The van der Waals surface area contributed by atoms with Gasteiger partial charge in [-0.3, -0.25) is 4.52 Å². The van der Waals surface area contributed by atoms with Gasteiger partial charge in [0.05, 0.1) is 6.61 Å². The fourth-order valence-corrected chi connectivity index (χ4v) is 1.56. The van der Waals surface area contributed by atoms with Crippen molar-refractivity contribution in [3.05, 3.63) is 0 Å². The first-order valence-electron chi connectivity index (χ1n) is 4.33. The van der Waals surface area contributed by atoms with E-state index in [1.165, 1.54) is 0 Å². The molecule has 0 aromatic carbocycles. The van der Waals surface area contributed by atoms with Crippen LogP contribution in [0.15, 0.2) is 0 Å². The summed E-state index contributed by atoms with van der Waals surface area (Å²) in [4.78, 5) is 16.7. The van der Waals surface area contributed by atoms with E-state index < -0.39 is 45.0 Å². The minimum atomic E-state index is -4.87. The molecule has 102 valence electrons. The summed E-state index contributed by atoms with van der Waals surface area (Å²) in [5.41, 5.74) is 0. The van der Waals surface area contributed by atoms with Gasteiger partial charge in [-0.05, 0) is 0 Å². The number of hydrogen-bond donors (Lipinski definition) is 5. The summed E-state index contributed by atoms with van der Waals surface area (Å²) < 4.78 is 44.3. The first-order valence-corrected chi connectivity index (χ1v) is 5.86. The Kier molecular flexibility index (Phi) is 4.22. The third-order valence-electron chi connectivity index (χ3n) is 2.14. The standard InChI is InChI=1S/C6H11F2O8P/c7-6(8)4(10)3(9)2(16-5(6)11)1-15-17(12,13)14/h2-5,9-11H,1H2,(H2,12,13,14)/t2-,3-,4+,5?/m1/s1. The molecule has 4 atom stereocenters. The highest BCUT2D eigenvalue weighted by Gasteiger charge is 2.57. The van der Waals surface area contributed by atoms with Crippen molar-refractivity contribution in [3.63, 3.8) is 0 Å². The van der Waals surface area contributed by atoms with E-state index in [4.69, 9.17) is 20.0 Å². The highest BCUT2D eigenvalue weighted by molar-refractivity contribution is 7.46. The molecule has 0 aromatic heterocycles. The van der Waals surface area contributed by atoms with Crippen LogP contribution in [-0.4, -0.2) is 62.2 Å². The summed E-state index contributed by atoms with van der Waals surface area (Å²) in [7, 11) is -4.87. The number of hydrogen-bond acceptors (Lipinski definition) is 6. The van der Waals surface area contributed by atoms with Crippen LogP contribution in [0.25, 0.3) is 0 Å². The molecule has 11 heteroatoms. The van der Waals surface area contributed by atoms with Crippen LogP contribution < -0.4 is 0 Å². The zero-order valence-electron chi connectivity index (χ0n) is 8.18. The Labute approximate surface area is 93.6 Å². The third kappa shape index (κ3) is 3.39. The van der Waals surface area contributed by atoms with Gasteiger partial charge in [0.1, 0.15) is 12.2 Å². The molecule has 1 aliphatic rings. The number of rotatable bonds is 3. The van der Waals surface area contributed by atoms with Crippen molar-refractivity contribution in [2.24, 2.45) is 0 Å². The minimum Gasteiger partial charge on any atom is -0.387 e. The molecule has 0 amide bonds. The van der Waals surface area contributed by atoms with Crippen molar-refractivity contribution in [1.29, 1.82) is 0 Å². The summed E-state index contributed by atoms with van der Waals surface area (Å²) in [5.74, 6) is -4.09. The summed E-state index contributed by atoms with van der Waals surface area (Å²) in [6.45, 7) is -0.963. The fourth-order valence-electron chi connectivity index (χ4n) is 1.22. The smallest absolute Gasteiger partial charge is 0.387 e. The Morgan fingerprint density at radius 1 is 1.29 bits per heavy atom. The maximum atomic E-state index is 12.9. The highest BCUT2D eigenvalue weighted by atomic mass is 31.2. The van der Waals surface area contributed by atoms with Gasteiger partial charge in [0.2, 0.25) is 6.29 Å². The van der Waals surface area contributed by atoms with Gasteiger partial charge in [-0.2, -0.15) is 8.78 Å². The molecule has 17 heavy (non-hydrogen) atoms. The van der Waals surface area contributed by atoms with Gasteiger partial charge in [-0.15, -0.1) is 0 Å². The third-order valence-corrected chi connectivity index (χ3v) is 2.62. The van der Waals surface area contributed by atoms with E-state index >= 15 is 0 Å². The molecule has 0 saturated carbocycles. The van der Waals surface area contributed by atoms with Gasteiger partial charge >= 0.3 is 13.7 Å². The molecule has 0 spiro atoms. The molecule has 0 bridgehead atoms. The maximum absolute atomic E-state index is 12.9. The molecule has 1 fully saturated rings. The van der Waals surface area contributed by atoms with Crippen molar-refractivity contribution in [1.82, 2.24) is 0 Å². The van der Waals surface area contributed by atoms with E-state index in [9.17, 15) is 18.5 Å². The van der Waals surface area contributed by atoms with E-state index in [0.29, 0.717) is 0 Å². The predicted octanol–water partition coefficient (Wildman–Crippen LogP) is -1.83. The molecule has 0 aliphatic carbocycles. The van der Waals surface area contributed by atoms with Gasteiger partial charge in [-0.1, -0.05) is 0 Å². The second-order valence-corrected chi connectivity index (χ2v) is 4.66. The van der Waals surface area contributed by atoms with E-state index in [2.05, 4.69) is 9.26 Å². The Bertz CT molecular complexity index is 319. The van der Waals surface area contributed by atoms with Crippen molar-refractivity contribution < 1.29 is 47.7 Å². The van der Waals surface area contributed by atoms with E-state index in [-0.39, 0.29) is 0 Å². The molecule has 1 rings (SSSR count). The summed E-state index contributed by atoms with van der Waals surface area (Å²) in [6.07, 6.45) is -9.17. The molecule has 1 heterocycles. The van der Waals surface area contributed by atoms with Gasteiger partial charge in [0, 0.05) is 0 Å². The van der Waals surface area contributed by atoms with Crippen molar-refractivity contribution in [3.8, 4) is 0 Å². The molecule has 1 unspecified atom stereocenters. The van der Waals surface area contributed by atoms with Crippen LogP contribution in [0.2, 0.25) is 0 Å². The van der Waals surface area contributed by atoms with E-state index in [1.807, 2.05) is 0 Å². The molecular formula is C6H11F2O8P. The lowest BCUT2D eigenvalue weighted by Gasteiger charge is -2.40. The first kappa shape index (κ1) is 14.9. The predicted molar refractivity (Wildman–Crippen MR) is 45.8 cm³/mol. The second-order valence-electron chi connectivity index (χ2n) is 3.42. The van der Waals surface area contributed by atoms with Crippen molar-refractivity contribution in [2.75, 3.05) is 6.61 Å². The zero-order valence-corrected chi connectivity index (χ0v) is 9.07. The Hall–Kier alpha value is -0.190. The van der Waals surface area contributed by atoms with Crippen LogP contribution in [0.3, 0.4) is 0 Å². The number of ether oxygens (including phenoxy) is 1. The van der Waals surface area contributed by atoms with Crippen LogP contribution in [0.1, 0.15) is 0 Å². The monoisotopic (exact) mass is 280 g/mol. The average Bonchev–Trinajstić information content (AvgIpc) is 2.18. The van der Waals surface area contributed by atoms with E-state index in [0.717, 1.165) is 0 Å². The lowest BCUT2D eigenvalue weighted by Crippen LogP contribution is -2.62. The van der Waals surface area contributed by atoms with Crippen molar-refractivity contribution in [2.45, 2.75) is 30.5 Å². The average molecular weight is 280 g/mol. The Balaban J connectivity index is 2.68. The second kappa shape index (κ2) is 4.82. The van der Waals surface area contributed by atoms with Gasteiger partial charge in [0.15, 0.2) is 6.10 Å². The Morgan fingerprint density at radius 3 is 2.29 bits per heavy atom. The van der Waals surface area contributed by atoms with Gasteiger partial charge < -0.3 is 29.8 Å². The molecule has 8 nitrogen and oxygen atoms in total. The molecule has 0 radical (unpaired) electrons. The number of phosphoric ester groups is 1. The van der Waals surface area contributed by atoms with Gasteiger partial charge in [0.25, 0.3) is 0 Å². The highest BCUT2D eigenvalue weighted by Crippen LogP contribution is 2.38. The topological polar surface area (TPSA) is 137 Å². The summed E-state index contributed by atoms with van der Waals surface area (Å²) in [6, 6.07) is 0. The fraction of sp³-hybridized carbons (Fsp3) is 1.00.